The standard InChI is InChI=1S/C17H28FN3/c1-5-19-17(15-8-6-7-9-16(15)18)12-21-10-13(2)20(4)14(3)11-21/h6-9,13-14,17,19H,5,10-12H2,1-4H3. The Kier molecular flexibility index (Phi) is 5.73. The van der Waals surface area contributed by atoms with Gasteiger partial charge in [-0.2, -0.15) is 0 Å². The first-order chi connectivity index (χ1) is 10.0. The van der Waals surface area contributed by atoms with Crippen molar-refractivity contribution in [1.82, 2.24) is 15.1 Å². The van der Waals surface area contributed by atoms with Crippen LogP contribution in [-0.2, 0) is 0 Å². The van der Waals surface area contributed by atoms with Gasteiger partial charge in [0, 0.05) is 43.3 Å². The van der Waals surface area contributed by atoms with Gasteiger partial charge < -0.3 is 5.32 Å². The van der Waals surface area contributed by atoms with Gasteiger partial charge in [0.1, 0.15) is 5.82 Å². The fourth-order valence-electron chi connectivity index (χ4n) is 3.20. The molecule has 21 heavy (non-hydrogen) atoms. The number of hydrogen-bond donors (Lipinski definition) is 1. The highest BCUT2D eigenvalue weighted by molar-refractivity contribution is 5.21. The molecule has 0 radical (unpaired) electrons. The Morgan fingerprint density at radius 2 is 1.86 bits per heavy atom. The topological polar surface area (TPSA) is 18.5 Å². The second-order valence-electron chi connectivity index (χ2n) is 6.21. The summed E-state index contributed by atoms with van der Waals surface area (Å²) in [6, 6.07) is 8.24. The van der Waals surface area contributed by atoms with Crippen LogP contribution in [0.4, 0.5) is 4.39 Å². The number of nitrogens with one attached hydrogen (secondary N) is 1. The van der Waals surface area contributed by atoms with Crippen LogP contribution >= 0.6 is 0 Å². The van der Waals surface area contributed by atoms with Crippen molar-refractivity contribution in [3.05, 3.63) is 35.6 Å². The van der Waals surface area contributed by atoms with E-state index in [9.17, 15) is 4.39 Å². The van der Waals surface area contributed by atoms with Crippen LogP contribution < -0.4 is 5.32 Å². The van der Waals surface area contributed by atoms with Gasteiger partial charge in [0.05, 0.1) is 0 Å². The number of piperazine rings is 1. The normalized spacial score (nSPS) is 26.0. The average Bonchev–Trinajstić information content (AvgIpc) is 2.45. The largest absolute Gasteiger partial charge is 0.309 e. The zero-order valence-corrected chi connectivity index (χ0v) is 13.6. The lowest BCUT2D eigenvalue weighted by Gasteiger charge is -2.43. The summed E-state index contributed by atoms with van der Waals surface area (Å²) >= 11 is 0. The Bertz CT molecular complexity index is 439. The summed E-state index contributed by atoms with van der Waals surface area (Å²) in [5, 5.41) is 3.43. The zero-order valence-electron chi connectivity index (χ0n) is 13.6. The Labute approximate surface area is 128 Å². The van der Waals surface area contributed by atoms with Crippen molar-refractivity contribution in [2.45, 2.75) is 38.9 Å². The molecule has 1 heterocycles. The number of likely N-dealkylation sites (N-methyl/N-ethyl adjacent to an activating group) is 2. The molecule has 0 spiro atoms. The lowest BCUT2D eigenvalue weighted by Crippen LogP contribution is -2.56. The summed E-state index contributed by atoms with van der Waals surface area (Å²) in [6.07, 6.45) is 0. The van der Waals surface area contributed by atoms with Crippen LogP contribution in [0.1, 0.15) is 32.4 Å². The molecule has 3 unspecified atom stereocenters. The number of benzene rings is 1. The second kappa shape index (κ2) is 7.34. The van der Waals surface area contributed by atoms with Gasteiger partial charge in [-0.1, -0.05) is 25.1 Å². The summed E-state index contributed by atoms with van der Waals surface area (Å²) in [7, 11) is 2.19. The first kappa shape index (κ1) is 16.4. The number of halogens is 1. The fraction of sp³-hybridized carbons (Fsp3) is 0.647. The molecular formula is C17H28FN3. The first-order valence-corrected chi connectivity index (χ1v) is 7.95. The number of hydrogen-bond acceptors (Lipinski definition) is 3. The minimum Gasteiger partial charge on any atom is -0.309 e. The Balaban J connectivity index is 2.08. The minimum atomic E-state index is -0.112. The number of rotatable bonds is 5. The summed E-state index contributed by atoms with van der Waals surface area (Å²) in [5.41, 5.74) is 0.776. The van der Waals surface area contributed by atoms with E-state index in [4.69, 9.17) is 0 Å². The molecule has 1 N–H and O–H groups in total. The predicted octanol–water partition coefficient (Wildman–Crippen LogP) is 2.50. The smallest absolute Gasteiger partial charge is 0.128 e. The van der Waals surface area contributed by atoms with Crippen LogP contribution in [0.3, 0.4) is 0 Å². The van der Waals surface area contributed by atoms with Gasteiger partial charge >= 0.3 is 0 Å². The van der Waals surface area contributed by atoms with Crippen molar-refractivity contribution >= 4 is 0 Å². The molecule has 1 saturated heterocycles. The van der Waals surface area contributed by atoms with Crippen LogP contribution in [0.15, 0.2) is 24.3 Å². The predicted molar refractivity (Wildman–Crippen MR) is 85.9 cm³/mol. The van der Waals surface area contributed by atoms with E-state index in [2.05, 4.69) is 42.9 Å². The minimum absolute atomic E-state index is 0.0546. The molecule has 0 aliphatic carbocycles. The molecule has 2 rings (SSSR count). The van der Waals surface area contributed by atoms with Gasteiger partial charge in [-0.05, 0) is 33.5 Å². The average molecular weight is 293 g/mol. The molecule has 3 nitrogen and oxygen atoms in total. The summed E-state index contributed by atoms with van der Waals surface area (Å²) in [4.78, 5) is 4.87. The fourth-order valence-corrected chi connectivity index (χ4v) is 3.20. The Hall–Kier alpha value is -0.970. The Morgan fingerprint density at radius 1 is 1.24 bits per heavy atom. The summed E-state index contributed by atoms with van der Waals surface area (Å²) < 4.78 is 14.1. The maximum Gasteiger partial charge on any atom is 0.128 e. The molecule has 0 bridgehead atoms. The second-order valence-corrected chi connectivity index (χ2v) is 6.21. The molecule has 1 aliphatic rings. The van der Waals surface area contributed by atoms with Gasteiger partial charge in [0.15, 0.2) is 0 Å². The Morgan fingerprint density at radius 3 is 2.43 bits per heavy atom. The van der Waals surface area contributed by atoms with Gasteiger partial charge in [-0.3, -0.25) is 9.80 Å². The quantitative estimate of drug-likeness (QED) is 0.900. The van der Waals surface area contributed by atoms with Crippen LogP contribution in [0.2, 0.25) is 0 Å². The van der Waals surface area contributed by atoms with Crippen molar-refractivity contribution in [3.63, 3.8) is 0 Å². The highest BCUT2D eigenvalue weighted by atomic mass is 19.1. The highest BCUT2D eigenvalue weighted by Crippen LogP contribution is 2.21. The van der Waals surface area contributed by atoms with E-state index in [1.807, 2.05) is 12.1 Å². The third kappa shape index (κ3) is 4.02. The lowest BCUT2D eigenvalue weighted by molar-refractivity contribution is 0.0541. The van der Waals surface area contributed by atoms with E-state index in [0.29, 0.717) is 12.1 Å². The van der Waals surface area contributed by atoms with E-state index >= 15 is 0 Å². The zero-order chi connectivity index (χ0) is 15.4. The molecule has 0 aromatic heterocycles. The monoisotopic (exact) mass is 293 g/mol. The van der Waals surface area contributed by atoms with Crippen LogP contribution in [0, 0.1) is 5.82 Å². The van der Waals surface area contributed by atoms with E-state index in [1.54, 1.807) is 12.1 Å². The molecule has 0 saturated carbocycles. The van der Waals surface area contributed by atoms with E-state index in [1.165, 1.54) is 0 Å². The third-order valence-electron chi connectivity index (χ3n) is 4.61. The maximum atomic E-state index is 14.1. The van der Waals surface area contributed by atoms with Crippen LogP contribution in [0.25, 0.3) is 0 Å². The van der Waals surface area contributed by atoms with Gasteiger partial charge in [-0.15, -0.1) is 0 Å². The summed E-state index contributed by atoms with van der Waals surface area (Å²) in [6.45, 7) is 10.4. The van der Waals surface area contributed by atoms with Gasteiger partial charge in [0.25, 0.3) is 0 Å². The highest BCUT2D eigenvalue weighted by Gasteiger charge is 2.28. The third-order valence-corrected chi connectivity index (χ3v) is 4.61. The van der Waals surface area contributed by atoms with Crippen LogP contribution in [-0.4, -0.2) is 55.1 Å². The molecule has 1 aromatic carbocycles. The molecule has 1 fully saturated rings. The van der Waals surface area contributed by atoms with Gasteiger partial charge in [0.2, 0.25) is 0 Å². The van der Waals surface area contributed by atoms with E-state index in [-0.39, 0.29) is 11.9 Å². The summed E-state index contributed by atoms with van der Waals surface area (Å²) in [5.74, 6) is -0.112. The van der Waals surface area contributed by atoms with Crippen molar-refractivity contribution < 1.29 is 4.39 Å². The van der Waals surface area contributed by atoms with Crippen molar-refractivity contribution in [2.75, 3.05) is 33.2 Å². The molecule has 0 amide bonds. The first-order valence-electron chi connectivity index (χ1n) is 7.95. The van der Waals surface area contributed by atoms with Crippen molar-refractivity contribution in [1.29, 1.82) is 0 Å². The SMILES string of the molecule is CCNC(CN1CC(C)N(C)C(C)C1)c1ccccc1F. The maximum absolute atomic E-state index is 14.1. The van der Waals surface area contributed by atoms with Gasteiger partial charge in [-0.25, -0.2) is 4.39 Å². The molecule has 4 heteroatoms. The molecule has 1 aliphatic heterocycles. The van der Waals surface area contributed by atoms with Crippen molar-refractivity contribution in [3.8, 4) is 0 Å². The molecular weight excluding hydrogens is 265 g/mol. The van der Waals surface area contributed by atoms with E-state index < -0.39 is 0 Å². The molecule has 1 aromatic rings. The van der Waals surface area contributed by atoms with Crippen molar-refractivity contribution in [2.24, 2.45) is 0 Å². The molecule has 118 valence electrons. The number of nitrogens with zero attached hydrogens (tertiary/aromatic N) is 2. The van der Waals surface area contributed by atoms with E-state index in [0.717, 1.165) is 31.7 Å². The lowest BCUT2D eigenvalue weighted by atomic mass is 10.0. The molecule has 3 atom stereocenters. The van der Waals surface area contributed by atoms with Crippen LogP contribution in [0.5, 0.6) is 0 Å².